The normalized spacial score (nSPS) is 50.1. The Kier molecular flexibility index (Phi) is 5.61. The van der Waals surface area contributed by atoms with Gasteiger partial charge in [0, 0.05) is 11.8 Å². The number of ether oxygens (including phenoxy) is 3. The van der Waals surface area contributed by atoms with Gasteiger partial charge in [0.05, 0.1) is 18.6 Å². The maximum atomic E-state index is 12.2. The van der Waals surface area contributed by atoms with Gasteiger partial charge in [-0.05, 0) is 30.8 Å². The van der Waals surface area contributed by atoms with Crippen molar-refractivity contribution in [1.29, 1.82) is 0 Å². The zero-order valence-corrected chi connectivity index (χ0v) is 16.5. The number of fused-ring (bicyclic) bond motifs is 3. The summed E-state index contributed by atoms with van der Waals surface area (Å²) in [5.74, 6) is -0.302. The number of esters is 1. The maximum Gasteiger partial charge on any atom is 0.309 e. The van der Waals surface area contributed by atoms with Crippen molar-refractivity contribution in [3.05, 3.63) is 24.3 Å². The maximum absolute atomic E-state index is 12.2. The second kappa shape index (κ2) is 7.76. The third-order valence-electron chi connectivity index (χ3n) is 7.26. The molecule has 4 rings (SSSR count). The van der Waals surface area contributed by atoms with Gasteiger partial charge in [-0.3, -0.25) is 4.79 Å². The van der Waals surface area contributed by atoms with Crippen molar-refractivity contribution in [2.24, 2.45) is 23.7 Å². The second-order valence-electron chi connectivity index (χ2n) is 8.82. The molecular weight excluding hydrogens is 380 g/mol. The Balaban J connectivity index is 1.53. The minimum Gasteiger partial charge on any atom is -0.461 e. The summed E-state index contributed by atoms with van der Waals surface area (Å²) in [6.07, 6.45) is -5.18. The topological polar surface area (TPSA) is 126 Å². The van der Waals surface area contributed by atoms with Gasteiger partial charge >= 0.3 is 5.97 Å². The van der Waals surface area contributed by atoms with Crippen LogP contribution >= 0.6 is 0 Å². The van der Waals surface area contributed by atoms with E-state index < -0.39 is 43.4 Å². The summed E-state index contributed by atoms with van der Waals surface area (Å²) in [6, 6.07) is 0. The quantitative estimate of drug-likeness (QED) is 0.375. The van der Waals surface area contributed by atoms with Gasteiger partial charge in [-0.2, -0.15) is 0 Å². The lowest BCUT2D eigenvalue weighted by molar-refractivity contribution is -0.308. The molecule has 0 aromatic heterocycles. The van der Waals surface area contributed by atoms with E-state index in [1.165, 1.54) is 0 Å². The van der Waals surface area contributed by atoms with E-state index in [-0.39, 0.29) is 35.7 Å². The number of allylic oxidation sites excluding steroid dienone is 1. The summed E-state index contributed by atoms with van der Waals surface area (Å²) in [5, 5.41) is 39.6. The van der Waals surface area contributed by atoms with Crippen LogP contribution in [-0.4, -0.2) is 75.9 Å². The van der Waals surface area contributed by atoms with Gasteiger partial charge in [-0.25, -0.2) is 0 Å². The highest BCUT2D eigenvalue weighted by Gasteiger charge is 2.55. The third-order valence-corrected chi connectivity index (χ3v) is 7.26. The van der Waals surface area contributed by atoms with E-state index in [4.69, 9.17) is 14.2 Å². The molecule has 0 radical (unpaired) electrons. The molecule has 8 nitrogen and oxygen atoms in total. The van der Waals surface area contributed by atoms with Crippen LogP contribution in [0.25, 0.3) is 0 Å². The van der Waals surface area contributed by atoms with Gasteiger partial charge in [-0.1, -0.05) is 25.7 Å². The van der Waals surface area contributed by atoms with Crippen molar-refractivity contribution in [2.75, 3.05) is 6.61 Å². The number of rotatable bonds is 3. The fourth-order valence-corrected chi connectivity index (χ4v) is 5.43. The van der Waals surface area contributed by atoms with Gasteiger partial charge in [0.1, 0.15) is 30.5 Å². The zero-order chi connectivity index (χ0) is 21.0. The Labute approximate surface area is 169 Å². The Hall–Kier alpha value is -1.29. The van der Waals surface area contributed by atoms with E-state index in [1.54, 1.807) is 0 Å². The Morgan fingerprint density at radius 2 is 1.90 bits per heavy atom. The number of aliphatic hydroxyl groups is 4. The predicted octanol–water partition coefficient (Wildman–Crippen LogP) is -0.109. The SMILES string of the molecule is C=C1CCC2C(C)C(=O)OC2C2C(=C)C(OC3OC(CO)C(O)C(O)C3O)CC12. The summed E-state index contributed by atoms with van der Waals surface area (Å²) in [7, 11) is 0. The second-order valence-corrected chi connectivity index (χ2v) is 8.82. The van der Waals surface area contributed by atoms with Crippen LogP contribution in [0, 0.1) is 23.7 Å². The molecule has 0 aromatic rings. The fourth-order valence-electron chi connectivity index (χ4n) is 5.43. The average molecular weight is 410 g/mol. The minimum atomic E-state index is -1.50. The van der Waals surface area contributed by atoms with E-state index in [0.29, 0.717) is 6.42 Å². The van der Waals surface area contributed by atoms with Crippen LogP contribution in [0.3, 0.4) is 0 Å². The van der Waals surface area contributed by atoms with E-state index in [1.807, 2.05) is 6.92 Å². The minimum absolute atomic E-state index is 0.0467. The van der Waals surface area contributed by atoms with Gasteiger partial charge in [0.2, 0.25) is 0 Å². The van der Waals surface area contributed by atoms with E-state index in [2.05, 4.69) is 13.2 Å². The lowest BCUT2D eigenvalue weighted by Gasteiger charge is -2.40. The van der Waals surface area contributed by atoms with E-state index in [0.717, 1.165) is 24.0 Å². The average Bonchev–Trinajstić information content (AvgIpc) is 3.11. The van der Waals surface area contributed by atoms with Crippen molar-refractivity contribution in [3.8, 4) is 0 Å². The Morgan fingerprint density at radius 1 is 1.17 bits per heavy atom. The fraction of sp³-hybridized carbons (Fsp3) is 0.762. The molecule has 4 N–H and O–H groups in total. The number of hydrogen-bond acceptors (Lipinski definition) is 8. The molecule has 29 heavy (non-hydrogen) atoms. The first-order valence-electron chi connectivity index (χ1n) is 10.3. The number of carbonyl (C=O) groups excluding carboxylic acids is 1. The lowest BCUT2D eigenvalue weighted by Crippen LogP contribution is -2.59. The van der Waals surface area contributed by atoms with Crippen molar-refractivity contribution in [2.45, 2.75) is 69.1 Å². The molecule has 162 valence electrons. The molecule has 4 aliphatic rings. The summed E-state index contributed by atoms with van der Waals surface area (Å²) in [5.41, 5.74) is 1.83. The highest BCUT2D eigenvalue weighted by atomic mass is 16.7. The van der Waals surface area contributed by atoms with Gasteiger partial charge < -0.3 is 34.6 Å². The summed E-state index contributed by atoms with van der Waals surface area (Å²) in [4.78, 5) is 12.2. The molecule has 0 bridgehead atoms. The van der Waals surface area contributed by atoms with Crippen LogP contribution in [-0.2, 0) is 19.0 Å². The standard InChI is InChI=1S/C21H30O8/c1-8-4-5-11-9(2)20(26)29-19(11)15-10(3)13(6-12(8)15)27-21-18(25)17(24)16(23)14(7-22)28-21/h9,11-19,21-25H,1,3-7H2,2H3. The summed E-state index contributed by atoms with van der Waals surface area (Å²) < 4.78 is 17.2. The van der Waals surface area contributed by atoms with E-state index >= 15 is 0 Å². The van der Waals surface area contributed by atoms with E-state index in [9.17, 15) is 25.2 Å². The molecule has 2 aliphatic heterocycles. The number of hydrogen-bond donors (Lipinski definition) is 4. The van der Waals surface area contributed by atoms with Crippen molar-refractivity contribution < 1.29 is 39.4 Å². The zero-order valence-electron chi connectivity index (χ0n) is 16.5. The molecule has 0 spiro atoms. The molecule has 2 saturated carbocycles. The lowest BCUT2D eigenvalue weighted by atomic mass is 9.80. The van der Waals surface area contributed by atoms with Crippen molar-refractivity contribution in [3.63, 3.8) is 0 Å². The molecule has 0 amide bonds. The highest BCUT2D eigenvalue weighted by molar-refractivity contribution is 5.75. The Morgan fingerprint density at radius 3 is 2.59 bits per heavy atom. The molecule has 2 aliphatic carbocycles. The predicted molar refractivity (Wildman–Crippen MR) is 100 cm³/mol. The molecule has 8 heteroatoms. The molecular formula is C21H30O8. The first-order valence-corrected chi connectivity index (χ1v) is 10.3. The van der Waals surface area contributed by atoms with Crippen molar-refractivity contribution >= 4 is 5.97 Å². The van der Waals surface area contributed by atoms with Crippen LogP contribution in [0.2, 0.25) is 0 Å². The number of carbonyl (C=O) groups is 1. The molecule has 0 aromatic carbocycles. The van der Waals surface area contributed by atoms with Gasteiger partial charge in [0.25, 0.3) is 0 Å². The molecule has 11 atom stereocenters. The molecule has 2 heterocycles. The summed E-state index contributed by atoms with van der Waals surface area (Å²) >= 11 is 0. The largest absolute Gasteiger partial charge is 0.461 e. The first kappa shape index (κ1) is 21.0. The molecule has 4 fully saturated rings. The smallest absolute Gasteiger partial charge is 0.309 e. The van der Waals surface area contributed by atoms with Crippen LogP contribution in [0.1, 0.15) is 26.2 Å². The monoisotopic (exact) mass is 410 g/mol. The summed E-state index contributed by atoms with van der Waals surface area (Å²) in [6.45, 7) is 9.84. The van der Waals surface area contributed by atoms with Gasteiger partial charge in [-0.15, -0.1) is 0 Å². The third kappa shape index (κ3) is 3.36. The van der Waals surface area contributed by atoms with Gasteiger partial charge in [0.15, 0.2) is 6.29 Å². The molecule has 2 saturated heterocycles. The van der Waals surface area contributed by atoms with Crippen molar-refractivity contribution in [1.82, 2.24) is 0 Å². The van der Waals surface area contributed by atoms with Crippen LogP contribution in [0.15, 0.2) is 24.3 Å². The number of aliphatic hydroxyl groups excluding tert-OH is 4. The van der Waals surface area contributed by atoms with Crippen LogP contribution < -0.4 is 0 Å². The highest BCUT2D eigenvalue weighted by Crippen LogP contribution is 2.53. The van der Waals surface area contributed by atoms with Crippen LogP contribution in [0.4, 0.5) is 0 Å². The Bertz CT molecular complexity index is 690. The van der Waals surface area contributed by atoms with Crippen LogP contribution in [0.5, 0.6) is 0 Å². The first-order chi connectivity index (χ1) is 13.7. The molecule has 11 unspecified atom stereocenters.